The van der Waals surface area contributed by atoms with Gasteiger partial charge in [-0.3, -0.25) is 14.4 Å². The Balaban J connectivity index is 1.54. The molecule has 0 aliphatic carbocycles. The van der Waals surface area contributed by atoms with Crippen LogP contribution in [0.4, 0.5) is 5.69 Å². The van der Waals surface area contributed by atoms with E-state index in [1.807, 2.05) is 55.7 Å². The van der Waals surface area contributed by atoms with Crippen molar-refractivity contribution >= 4 is 22.4 Å². The van der Waals surface area contributed by atoms with Gasteiger partial charge < -0.3 is 10.2 Å². The summed E-state index contributed by atoms with van der Waals surface area (Å²) in [5, 5.41) is 9.65. The van der Waals surface area contributed by atoms with Crippen LogP contribution < -0.4 is 5.32 Å². The molecule has 3 aromatic rings. The van der Waals surface area contributed by atoms with Gasteiger partial charge in [0.05, 0.1) is 0 Å². The molecule has 2 aromatic carbocycles. The lowest BCUT2D eigenvalue weighted by Crippen LogP contribution is -2.31. The van der Waals surface area contributed by atoms with E-state index in [0.717, 1.165) is 48.1 Å². The van der Waals surface area contributed by atoms with Crippen LogP contribution in [0.2, 0.25) is 0 Å². The van der Waals surface area contributed by atoms with Gasteiger partial charge in [0, 0.05) is 55.6 Å². The number of benzene rings is 2. The third-order valence-electron chi connectivity index (χ3n) is 5.53. The lowest BCUT2D eigenvalue weighted by atomic mass is 10.1. The normalized spacial score (nSPS) is 17.5. The molecule has 0 radical (unpaired) electrons. The van der Waals surface area contributed by atoms with Crippen LogP contribution in [0.5, 0.6) is 0 Å². The Morgan fingerprint density at radius 3 is 2.79 bits per heavy atom. The van der Waals surface area contributed by atoms with Crippen LogP contribution in [0.3, 0.4) is 0 Å². The van der Waals surface area contributed by atoms with Crippen molar-refractivity contribution in [3.05, 3.63) is 59.9 Å². The van der Waals surface area contributed by atoms with Gasteiger partial charge in [-0.2, -0.15) is 5.10 Å². The number of aromatic nitrogens is 2. The van der Waals surface area contributed by atoms with Crippen LogP contribution in [0.25, 0.3) is 10.8 Å². The lowest BCUT2D eigenvalue weighted by Gasteiger charge is -2.20. The number of nitrogens with zero attached hydrogens (tertiary/aromatic N) is 4. The maximum absolute atomic E-state index is 13.0. The number of fused-ring (bicyclic) bond motifs is 1. The minimum Gasteiger partial charge on any atom is -0.320 e. The fourth-order valence-corrected chi connectivity index (χ4v) is 3.98. The summed E-state index contributed by atoms with van der Waals surface area (Å²) in [4.78, 5) is 17.7. The van der Waals surface area contributed by atoms with Gasteiger partial charge in [-0.1, -0.05) is 36.4 Å². The summed E-state index contributed by atoms with van der Waals surface area (Å²) in [6.07, 6.45) is 3.12. The van der Waals surface area contributed by atoms with Gasteiger partial charge in [-0.25, -0.2) is 0 Å². The maximum Gasteiger partial charge on any atom is 0.276 e. The Kier molecular flexibility index (Phi) is 5.15. The van der Waals surface area contributed by atoms with Crippen LogP contribution in [0.1, 0.15) is 22.5 Å². The lowest BCUT2D eigenvalue weighted by molar-refractivity contribution is 0.102. The smallest absolute Gasteiger partial charge is 0.276 e. The molecule has 146 valence electrons. The molecule has 1 unspecified atom stereocenters. The number of carbonyl (C=O) groups is 1. The first-order chi connectivity index (χ1) is 13.5. The summed E-state index contributed by atoms with van der Waals surface area (Å²) < 4.78 is 1.73. The van der Waals surface area contributed by atoms with Crippen LogP contribution in [-0.4, -0.2) is 58.7 Å². The molecule has 0 spiro atoms. The SMILES string of the molecule is CN(C)C1CCN(Cc2cn(C)nc2C(=O)Nc2cccc3ccccc23)C1. The number of likely N-dealkylation sites (N-methyl/N-ethyl adjacent to an activating group) is 1. The molecule has 1 amide bonds. The van der Waals surface area contributed by atoms with Crippen molar-refractivity contribution in [1.82, 2.24) is 19.6 Å². The number of hydrogen-bond acceptors (Lipinski definition) is 4. The highest BCUT2D eigenvalue weighted by Crippen LogP contribution is 2.24. The zero-order valence-corrected chi connectivity index (χ0v) is 16.7. The first kappa shape index (κ1) is 18.7. The third kappa shape index (κ3) is 3.79. The number of rotatable bonds is 5. The van der Waals surface area contributed by atoms with Gasteiger partial charge in [0.25, 0.3) is 5.91 Å². The number of amides is 1. The minimum atomic E-state index is -0.157. The molecule has 1 aliphatic rings. The fraction of sp³-hybridized carbons (Fsp3) is 0.364. The van der Waals surface area contributed by atoms with Crippen molar-refractivity contribution in [3.8, 4) is 0 Å². The molecule has 1 fully saturated rings. The van der Waals surface area contributed by atoms with Crippen LogP contribution in [-0.2, 0) is 13.6 Å². The molecule has 0 bridgehead atoms. The molecule has 2 heterocycles. The standard InChI is InChI=1S/C22H27N5O/c1-25(2)18-11-12-27(15-18)14-17-13-26(3)24-21(17)22(28)23-20-10-6-8-16-7-4-5-9-19(16)20/h4-10,13,18H,11-12,14-15H2,1-3H3,(H,23,28). The predicted molar refractivity (Wildman–Crippen MR) is 112 cm³/mol. The van der Waals surface area contributed by atoms with E-state index in [4.69, 9.17) is 0 Å². The molecule has 6 nitrogen and oxygen atoms in total. The van der Waals surface area contributed by atoms with Gasteiger partial charge in [-0.05, 0) is 32.0 Å². The number of aryl methyl sites for hydroxylation is 1. The van der Waals surface area contributed by atoms with E-state index in [1.165, 1.54) is 0 Å². The van der Waals surface area contributed by atoms with Crippen molar-refractivity contribution in [2.75, 3.05) is 32.5 Å². The van der Waals surface area contributed by atoms with Crippen molar-refractivity contribution in [2.24, 2.45) is 7.05 Å². The Hall–Kier alpha value is -2.70. The quantitative estimate of drug-likeness (QED) is 0.743. The van der Waals surface area contributed by atoms with Gasteiger partial charge in [0.2, 0.25) is 0 Å². The first-order valence-electron chi connectivity index (χ1n) is 9.71. The largest absolute Gasteiger partial charge is 0.320 e. The highest BCUT2D eigenvalue weighted by Gasteiger charge is 2.26. The van der Waals surface area contributed by atoms with E-state index in [2.05, 4.69) is 34.3 Å². The Morgan fingerprint density at radius 2 is 2.00 bits per heavy atom. The second-order valence-electron chi connectivity index (χ2n) is 7.80. The number of hydrogen-bond donors (Lipinski definition) is 1. The minimum absolute atomic E-state index is 0.157. The number of likely N-dealkylation sites (tertiary alicyclic amines) is 1. The van der Waals surface area contributed by atoms with E-state index in [1.54, 1.807) is 4.68 Å². The Bertz CT molecular complexity index is 988. The van der Waals surface area contributed by atoms with Crippen molar-refractivity contribution in [3.63, 3.8) is 0 Å². The molecule has 4 rings (SSSR count). The average molecular weight is 377 g/mol. The fourth-order valence-electron chi connectivity index (χ4n) is 3.98. The zero-order valence-electron chi connectivity index (χ0n) is 16.7. The Morgan fingerprint density at radius 1 is 1.21 bits per heavy atom. The van der Waals surface area contributed by atoms with Crippen LogP contribution in [0.15, 0.2) is 48.7 Å². The molecule has 1 N–H and O–H groups in total. The van der Waals surface area contributed by atoms with E-state index >= 15 is 0 Å². The molecule has 1 aromatic heterocycles. The van der Waals surface area contributed by atoms with Crippen LogP contribution in [0, 0.1) is 0 Å². The first-order valence-corrected chi connectivity index (χ1v) is 9.71. The molecule has 6 heteroatoms. The molecular formula is C22H27N5O. The van der Waals surface area contributed by atoms with E-state index in [-0.39, 0.29) is 5.91 Å². The number of anilines is 1. The average Bonchev–Trinajstić information content (AvgIpc) is 3.29. The highest BCUT2D eigenvalue weighted by atomic mass is 16.2. The predicted octanol–water partition coefficient (Wildman–Crippen LogP) is 2.96. The summed E-state index contributed by atoms with van der Waals surface area (Å²) in [5.74, 6) is -0.157. The summed E-state index contributed by atoms with van der Waals surface area (Å²) in [6.45, 7) is 2.81. The molecule has 28 heavy (non-hydrogen) atoms. The van der Waals surface area contributed by atoms with E-state index in [9.17, 15) is 4.79 Å². The molecule has 1 atom stereocenters. The molecule has 0 saturated carbocycles. The van der Waals surface area contributed by atoms with Crippen molar-refractivity contribution < 1.29 is 4.79 Å². The van der Waals surface area contributed by atoms with E-state index < -0.39 is 0 Å². The van der Waals surface area contributed by atoms with Gasteiger partial charge >= 0.3 is 0 Å². The second kappa shape index (κ2) is 7.73. The number of nitrogens with one attached hydrogen (secondary N) is 1. The van der Waals surface area contributed by atoms with Gasteiger partial charge in [-0.15, -0.1) is 0 Å². The van der Waals surface area contributed by atoms with Gasteiger partial charge in [0.15, 0.2) is 5.69 Å². The monoisotopic (exact) mass is 377 g/mol. The molecule has 1 aliphatic heterocycles. The molecule has 1 saturated heterocycles. The molecular weight excluding hydrogens is 350 g/mol. The summed E-state index contributed by atoms with van der Waals surface area (Å²) in [6, 6.07) is 14.6. The van der Waals surface area contributed by atoms with Crippen molar-refractivity contribution in [1.29, 1.82) is 0 Å². The third-order valence-corrected chi connectivity index (χ3v) is 5.53. The number of carbonyl (C=O) groups excluding carboxylic acids is 1. The summed E-state index contributed by atoms with van der Waals surface area (Å²) in [5.41, 5.74) is 2.29. The topological polar surface area (TPSA) is 53.4 Å². The second-order valence-corrected chi connectivity index (χ2v) is 7.80. The van der Waals surface area contributed by atoms with E-state index in [0.29, 0.717) is 11.7 Å². The van der Waals surface area contributed by atoms with Crippen molar-refractivity contribution in [2.45, 2.75) is 19.0 Å². The zero-order chi connectivity index (χ0) is 19.7. The Labute approximate surface area is 165 Å². The van der Waals surface area contributed by atoms with Gasteiger partial charge in [0.1, 0.15) is 0 Å². The maximum atomic E-state index is 13.0. The summed E-state index contributed by atoms with van der Waals surface area (Å²) in [7, 11) is 6.12. The van der Waals surface area contributed by atoms with Crippen LogP contribution >= 0.6 is 0 Å². The summed E-state index contributed by atoms with van der Waals surface area (Å²) >= 11 is 0. The highest BCUT2D eigenvalue weighted by molar-refractivity contribution is 6.08.